The Bertz CT molecular complexity index is 1050. The molecule has 0 aliphatic carbocycles. The predicted molar refractivity (Wildman–Crippen MR) is 112 cm³/mol. The zero-order valence-corrected chi connectivity index (χ0v) is 17.3. The Morgan fingerprint density at radius 2 is 1.93 bits per heavy atom. The fourth-order valence-corrected chi connectivity index (χ4v) is 3.04. The number of esters is 1. The average molecular weight is 436 g/mol. The predicted octanol–water partition coefficient (Wildman–Crippen LogP) is 5.46. The SMILES string of the molecule is CCOCc1c(C(=O)OC(C)C(=O)Nc2cc(Cl)ccc2Cl)oc2ccccc12. The molecule has 3 rings (SSSR count). The smallest absolute Gasteiger partial charge is 0.375 e. The number of anilines is 1. The van der Waals surface area contributed by atoms with E-state index < -0.39 is 18.0 Å². The first-order valence-electron chi connectivity index (χ1n) is 8.95. The van der Waals surface area contributed by atoms with Gasteiger partial charge < -0.3 is 19.2 Å². The van der Waals surface area contributed by atoms with Crippen LogP contribution in [0.4, 0.5) is 5.69 Å². The van der Waals surface area contributed by atoms with Gasteiger partial charge in [0.2, 0.25) is 5.76 Å². The summed E-state index contributed by atoms with van der Waals surface area (Å²) in [4.78, 5) is 25.1. The van der Waals surface area contributed by atoms with Crippen LogP contribution >= 0.6 is 23.2 Å². The molecule has 0 saturated carbocycles. The van der Waals surface area contributed by atoms with E-state index in [2.05, 4.69) is 5.32 Å². The molecule has 1 atom stereocenters. The summed E-state index contributed by atoms with van der Waals surface area (Å²) >= 11 is 12.0. The lowest BCUT2D eigenvalue weighted by molar-refractivity contribution is -0.123. The van der Waals surface area contributed by atoms with Crippen LogP contribution in [-0.4, -0.2) is 24.6 Å². The monoisotopic (exact) mass is 435 g/mol. The molecule has 1 aromatic heterocycles. The molecule has 0 spiro atoms. The minimum Gasteiger partial charge on any atom is -0.449 e. The molecule has 152 valence electrons. The van der Waals surface area contributed by atoms with Gasteiger partial charge in [-0.3, -0.25) is 4.79 Å². The Morgan fingerprint density at radius 1 is 1.17 bits per heavy atom. The number of halogens is 2. The van der Waals surface area contributed by atoms with Crippen molar-refractivity contribution in [2.45, 2.75) is 26.6 Å². The Hall–Kier alpha value is -2.54. The summed E-state index contributed by atoms with van der Waals surface area (Å²) in [6, 6.07) is 11.9. The summed E-state index contributed by atoms with van der Waals surface area (Å²) in [5.41, 5.74) is 1.45. The first-order valence-corrected chi connectivity index (χ1v) is 9.71. The molecule has 1 unspecified atom stereocenters. The molecule has 0 saturated heterocycles. The highest BCUT2D eigenvalue weighted by Crippen LogP contribution is 2.28. The van der Waals surface area contributed by atoms with Crippen LogP contribution in [0.1, 0.15) is 30.0 Å². The second kappa shape index (κ2) is 9.31. The number of carbonyl (C=O) groups is 2. The van der Waals surface area contributed by atoms with E-state index in [4.69, 9.17) is 37.1 Å². The molecule has 1 heterocycles. The van der Waals surface area contributed by atoms with Gasteiger partial charge in [-0.05, 0) is 38.1 Å². The van der Waals surface area contributed by atoms with Crippen LogP contribution in [-0.2, 0) is 20.9 Å². The topological polar surface area (TPSA) is 77.8 Å². The lowest BCUT2D eigenvalue weighted by atomic mass is 10.1. The third kappa shape index (κ3) is 4.90. The van der Waals surface area contributed by atoms with Crippen molar-refractivity contribution < 1.29 is 23.5 Å². The van der Waals surface area contributed by atoms with E-state index in [0.29, 0.717) is 33.5 Å². The number of furan rings is 1. The van der Waals surface area contributed by atoms with Gasteiger partial charge in [0.1, 0.15) is 5.58 Å². The van der Waals surface area contributed by atoms with E-state index in [1.54, 1.807) is 24.3 Å². The van der Waals surface area contributed by atoms with Crippen LogP contribution < -0.4 is 5.32 Å². The number of nitrogens with one attached hydrogen (secondary N) is 1. The molecule has 3 aromatic rings. The lowest BCUT2D eigenvalue weighted by Gasteiger charge is -2.14. The summed E-state index contributed by atoms with van der Waals surface area (Å²) in [5.74, 6) is -1.29. The van der Waals surface area contributed by atoms with Crippen LogP contribution in [0.5, 0.6) is 0 Å². The van der Waals surface area contributed by atoms with E-state index in [0.717, 1.165) is 5.39 Å². The molecule has 0 fully saturated rings. The molecular formula is C21H19Cl2NO5. The molecule has 8 heteroatoms. The standard InChI is InChI=1S/C21H19Cl2NO5/c1-3-27-11-15-14-6-4-5-7-18(14)29-19(15)21(26)28-12(2)20(25)24-17-10-13(22)8-9-16(17)23/h4-10,12H,3,11H2,1-2H3,(H,24,25). The summed E-state index contributed by atoms with van der Waals surface area (Å²) in [6.07, 6.45) is -1.09. The molecule has 2 aromatic carbocycles. The molecule has 6 nitrogen and oxygen atoms in total. The van der Waals surface area contributed by atoms with E-state index in [9.17, 15) is 9.59 Å². The highest BCUT2D eigenvalue weighted by molar-refractivity contribution is 6.35. The maximum absolute atomic E-state index is 12.7. The fourth-order valence-electron chi connectivity index (χ4n) is 2.71. The number of para-hydroxylation sites is 1. The number of benzene rings is 2. The van der Waals surface area contributed by atoms with Crippen molar-refractivity contribution in [1.82, 2.24) is 0 Å². The number of amides is 1. The fraction of sp³-hybridized carbons (Fsp3) is 0.238. The van der Waals surface area contributed by atoms with Crippen LogP contribution in [0.3, 0.4) is 0 Å². The third-order valence-electron chi connectivity index (χ3n) is 4.17. The average Bonchev–Trinajstić information content (AvgIpc) is 3.07. The minimum atomic E-state index is -1.09. The second-order valence-electron chi connectivity index (χ2n) is 6.20. The zero-order valence-electron chi connectivity index (χ0n) is 15.8. The minimum absolute atomic E-state index is 0.0140. The molecule has 29 heavy (non-hydrogen) atoms. The van der Waals surface area contributed by atoms with Crippen molar-refractivity contribution in [3.8, 4) is 0 Å². The molecule has 0 bridgehead atoms. The van der Waals surface area contributed by atoms with Gasteiger partial charge in [0.25, 0.3) is 5.91 Å². The number of carbonyl (C=O) groups excluding carboxylic acids is 2. The van der Waals surface area contributed by atoms with Crippen molar-refractivity contribution in [2.75, 3.05) is 11.9 Å². The van der Waals surface area contributed by atoms with Crippen LogP contribution in [0, 0.1) is 0 Å². The van der Waals surface area contributed by atoms with Crippen molar-refractivity contribution in [3.63, 3.8) is 0 Å². The number of fused-ring (bicyclic) bond motifs is 1. The van der Waals surface area contributed by atoms with Crippen LogP contribution in [0.25, 0.3) is 11.0 Å². The van der Waals surface area contributed by atoms with E-state index in [1.165, 1.54) is 13.0 Å². The highest BCUT2D eigenvalue weighted by Gasteiger charge is 2.26. The number of ether oxygens (including phenoxy) is 2. The summed E-state index contributed by atoms with van der Waals surface area (Å²) in [6.45, 7) is 3.98. The zero-order chi connectivity index (χ0) is 21.0. The largest absolute Gasteiger partial charge is 0.449 e. The van der Waals surface area contributed by atoms with Gasteiger partial charge in [0.05, 0.1) is 17.3 Å². The van der Waals surface area contributed by atoms with Crippen LogP contribution in [0.15, 0.2) is 46.9 Å². The number of hydrogen-bond donors (Lipinski definition) is 1. The normalized spacial score (nSPS) is 12.0. The van der Waals surface area contributed by atoms with Crippen molar-refractivity contribution in [2.24, 2.45) is 0 Å². The van der Waals surface area contributed by atoms with E-state index in [1.807, 2.05) is 19.1 Å². The molecule has 0 radical (unpaired) electrons. The van der Waals surface area contributed by atoms with Crippen molar-refractivity contribution in [1.29, 1.82) is 0 Å². The molecule has 1 amide bonds. The quantitative estimate of drug-likeness (QED) is 0.498. The van der Waals surface area contributed by atoms with Gasteiger partial charge in [-0.15, -0.1) is 0 Å². The van der Waals surface area contributed by atoms with Gasteiger partial charge in [-0.2, -0.15) is 0 Å². The molecular weight excluding hydrogens is 417 g/mol. The lowest BCUT2D eigenvalue weighted by Crippen LogP contribution is -2.30. The first kappa shape index (κ1) is 21.2. The van der Waals surface area contributed by atoms with Crippen molar-refractivity contribution >= 4 is 51.7 Å². The molecule has 0 aliphatic rings. The molecule has 0 aliphatic heterocycles. The Morgan fingerprint density at radius 3 is 2.69 bits per heavy atom. The van der Waals surface area contributed by atoms with Gasteiger partial charge in [0, 0.05) is 22.6 Å². The van der Waals surface area contributed by atoms with E-state index >= 15 is 0 Å². The summed E-state index contributed by atoms with van der Waals surface area (Å²) in [7, 11) is 0. The second-order valence-corrected chi connectivity index (χ2v) is 7.05. The Kier molecular flexibility index (Phi) is 6.79. The van der Waals surface area contributed by atoms with Gasteiger partial charge in [0.15, 0.2) is 6.10 Å². The highest BCUT2D eigenvalue weighted by atomic mass is 35.5. The third-order valence-corrected chi connectivity index (χ3v) is 4.74. The number of hydrogen-bond acceptors (Lipinski definition) is 5. The maximum atomic E-state index is 12.7. The van der Waals surface area contributed by atoms with Crippen molar-refractivity contribution in [3.05, 3.63) is 63.8 Å². The summed E-state index contributed by atoms with van der Waals surface area (Å²) in [5, 5.41) is 4.09. The number of rotatable bonds is 7. The maximum Gasteiger partial charge on any atom is 0.375 e. The van der Waals surface area contributed by atoms with Crippen LogP contribution in [0.2, 0.25) is 10.0 Å². The summed E-state index contributed by atoms with van der Waals surface area (Å²) < 4.78 is 16.4. The van der Waals surface area contributed by atoms with Gasteiger partial charge in [-0.25, -0.2) is 4.79 Å². The van der Waals surface area contributed by atoms with Gasteiger partial charge in [-0.1, -0.05) is 41.4 Å². The molecule has 1 N–H and O–H groups in total. The Balaban J connectivity index is 1.77. The van der Waals surface area contributed by atoms with Gasteiger partial charge >= 0.3 is 5.97 Å². The van der Waals surface area contributed by atoms with E-state index in [-0.39, 0.29) is 12.4 Å². The Labute approximate surface area is 177 Å². The first-order chi connectivity index (χ1) is 13.9.